The Balaban J connectivity index is 2.35. The highest BCUT2D eigenvalue weighted by atomic mass is 16.2. The third kappa shape index (κ3) is 12.8. The van der Waals surface area contributed by atoms with Crippen molar-refractivity contribution in [1.29, 1.82) is 0 Å². The molecule has 2 rings (SSSR count). The van der Waals surface area contributed by atoms with E-state index in [0.717, 1.165) is 19.3 Å². The predicted molar refractivity (Wildman–Crippen MR) is 183 cm³/mol. The fourth-order valence-electron chi connectivity index (χ4n) is 5.86. The summed E-state index contributed by atoms with van der Waals surface area (Å²) in [7, 11) is 0. The first kappa shape index (κ1) is 40.0. The van der Waals surface area contributed by atoms with E-state index < -0.39 is 59.7 Å². The lowest BCUT2D eigenvalue weighted by atomic mass is 9.97. The highest BCUT2D eigenvalue weighted by molar-refractivity contribution is 5.96. The molecule has 6 atom stereocenters. The van der Waals surface area contributed by atoms with E-state index in [1.54, 1.807) is 24.8 Å². The van der Waals surface area contributed by atoms with Crippen LogP contribution in [0.4, 0.5) is 0 Å². The Morgan fingerprint density at radius 1 is 0.979 bits per heavy atom. The van der Waals surface area contributed by atoms with E-state index in [4.69, 9.17) is 17.2 Å². The zero-order chi connectivity index (χ0) is 35.8. The lowest BCUT2D eigenvalue weighted by Crippen LogP contribution is -2.60. The van der Waals surface area contributed by atoms with E-state index in [1.165, 1.54) is 0 Å². The normalized spacial score (nSPS) is 23.1. The summed E-state index contributed by atoms with van der Waals surface area (Å²) in [5, 5.41) is 11.1. The molecule has 0 aromatic heterocycles. The monoisotopic (exact) mass is 675 g/mol. The number of amides is 6. The van der Waals surface area contributed by atoms with Gasteiger partial charge >= 0.3 is 0 Å². The van der Waals surface area contributed by atoms with E-state index in [-0.39, 0.29) is 43.1 Å². The van der Waals surface area contributed by atoms with Crippen LogP contribution in [0, 0.1) is 11.8 Å². The van der Waals surface area contributed by atoms with Gasteiger partial charge in [-0.25, -0.2) is 0 Å². The summed E-state index contributed by atoms with van der Waals surface area (Å²) in [6, 6.07) is -4.75. The number of nitrogens with two attached hydrogens (primary N) is 3. The molecule has 270 valence electrons. The third-order valence-electron chi connectivity index (χ3n) is 8.95. The Morgan fingerprint density at radius 2 is 1.71 bits per heavy atom. The van der Waals surface area contributed by atoms with Gasteiger partial charge in [-0.3, -0.25) is 33.8 Å². The summed E-state index contributed by atoms with van der Waals surface area (Å²) in [5.74, 6) is -3.62. The molecule has 0 saturated carbocycles. The van der Waals surface area contributed by atoms with Crippen LogP contribution in [0.3, 0.4) is 0 Å². The first-order valence-corrected chi connectivity index (χ1v) is 17.3. The Labute approximate surface area is 284 Å². The number of nitrogens with zero attached hydrogens (tertiary/aromatic N) is 2. The lowest BCUT2D eigenvalue weighted by molar-refractivity contribution is -0.140. The minimum Gasteiger partial charge on any atom is -0.370 e. The van der Waals surface area contributed by atoms with Crippen molar-refractivity contribution in [2.24, 2.45) is 34.0 Å². The standard InChI is InChI=1S/C33H57N9O6/c1-5-21(4)27-32(48)39-22(14-10-8-6-7-9-11-17-25(43)42-19-13-16-24(42)31(47)41-27)29(45)38-23(15-12-18-37-33(35)36)30(46)40-26(20(2)3)28(34)44/h8,10,20-24,26-27H,5-7,9,11-19H2,1-4H3,(H2,34,44)(H,38,45)(H,39,48)(H,40,46)(H,41,47)(H4,35,36,37). The smallest absolute Gasteiger partial charge is 0.243 e. The summed E-state index contributed by atoms with van der Waals surface area (Å²) in [6.07, 6.45) is 9.57. The van der Waals surface area contributed by atoms with Crippen molar-refractivity contribution >= 4 is 41.4 Å². The molecular formula is C33H57N9O6. The average molecular weight is 676 g/mol. The van der Waals surface area contributed by atoms with Gasteiger partial charge in [0.15, 0.2) is 5.96 Å². The summed E-state index contributed by atoms with van der Waals surface area (Å²) >= 11 is 0. The van der Waals surface area contributed by atoms with Gasteiger partial charge < -0.3 is 43.4 Å². The van der Waals surface area contributed by atoms with Crippen LogP contribution in [-0.4, -0.2) is 89.6 Å². The molecule has 6 unspecified atom stereocenters. The number of guanidine groups is 1. The fraction of sp³-hybridized carbons (Fsp3) is 0.727. The summed E-state index contributed by atoms with van der Waals surface area (Å²) in [5.41, 5.74) is 16.4. The number of aliphatic imine (C=N–C) groups is 1. The molecule has 6 amide bonds. The topological polar surface area (TPSA) is 244 Å². The molecular weight excluding hydrogens is 618 g/mol. The molecule has 2 heterocycles. The number of nitrogens with one attached hydrogen (secondary N) is 4. The molecule has 48 heavy (non-hydrogen) atoms. The number of rotatable bonds is 12. The van der Waals surface area contributed by atoms with Gasteiger partial charge in [-0.05, 0) is 63.2 Å². The minimum atomic E-state index is -1.09. The molecule has 0 aliphatic carbocycles. The first-order chi connectivity index (χ1) is 22.8. The van der Waals surface area contributed by atoms with Crippen LogP contribution in [0.25, 0.3) is 0 Å². The van der Waals surface area contributed by atoms with Crippen molar-refractivity contribution < 1.29 is 28.8 Å². The van der Waals surface area contributed by atoms with E-state index in [9.17, 15) is 28.8 Å². The van der Waals surface area contributed by atoms with Crippen molar-refractivity contribution in [2.75, 3.05) is 13.1 Å². The Kier molecular flexibility index (Phi) is 16.9. The van der Waals surface area contributed by atoms with Crippen LogP contribution in [0.1, 0.15) is 98.3 Å². The molecule has 2 aliphatic rings. The van der Waals surface area contributed by atoms with E-state index in [1.807, 2.05) is 19.9 Å². The van der Waals surface area contributed by atoms with Crippen molar-refractivity contribution in [3.63, 3.8) is 0 Å². The van der Waals surface area contributed by atoms with Gasteiger partial charge in [0.2, 0.25) is 35.4 Å². The maximum absolute atomic E-state index is 13.8. The maximum Gasteiger partial charge on any atom is 0.243 e. The minimum absolute atomic E-state index is 0.0544. The van der Waals surface area contributed by atoms with Gasteiger partial charge in [0.1, 0.15) is 30.2 Å². The van der Waals surface area contributed by atoms with Gasteiger partial charge in [-0.2, -0.15) is 0 Å². The molecule has 0 bridgehead atoms. The second kappa shape index (κ2) is 20.3. The van der Waals surface area contributed by atoms with Crippen LogP contribution in [0.2, 0.25) is 0 Å². The number of allylic oxidation sites excluding steroid dienone is 1. The zero-order valence-electron chi connectivity index (χ0n) is 29.0. The van der Waals surface area contributed by atoms with Crippen molar-refractivity contribution in [1.82, 2.24) is 26.2 Å². The summed E-state index contributed by atoms with van der Waals surface area (Å²) < 4.78 is 0. The quantitative estimate of drug-likeness (QED) is 0.0644. The number of hydrogen-bond donors (Lipinski definition) is 7. The number of primary amides is 1. The Morgan fingerprint density at radius 3 is 2.35 bits per heavy atom. The molecule has 0 radical (unpaired) electrons. The van der Waals surface area contributed by atoms with Gasteiger partial charge in [0.05, 0.1) is 0 Å². The molecule has 0 aromatic carbocycles. The number of hydrogen-bond acceptors (Lipinski definition) is 7. The molecule has 15 heteroatoms. The van der Waals surface area contributed by atoms with Gasteiger partial charge in [0.25, 0.3) is 0 Å². The van der Waals surface area contributed by atoms with Crippen LogP contribution in [0.15, 0.2) is 17.1 Å². The van der Waals surface area contributed by atoms with E-state index in [2.05, 4.69) is 26.3 Å². The number of fused-ring (bicyclic) bond motifs is 1. The van der Waals surface area contributed by atoms with Gasteiger partial charge in [-0.15, -0.1) is 0 Å². The molecule has 2 aliphatic heterocycles. The van der Waals surface area contributed by atoms with Crippen LogP contribution in [0.5, 0.6) is 0 Å². The predicted octanol–water partition coefficient (Wildman–Crippen LogP) is 0.0680. The van der Waals surface area contributed by atoms with E-state index >= 15 is 0 Å². The van der Waals surface area contributed by atoms with Gasteiger partial charge in [0, 0.05) is 19.5 Å². The highest BCUT2D eigenvalue weighted by Gasteiger charge is 2.37. The average Bonchev–Trinajstić information content (AvgIpc) is 3.53. The van der Waals surface area contributed by atoms with Crippen LogP contribution in [-0.2, 0) is 28.8 Å². The van der Waals surface area contributed by atoms with Crippen molar-refractivity contribution in [3.8, 4) is 0 Å². The molecule has 1 fully saturated rings. The second-order valence-corrected chi connectivity index (χ2v) is 13.1. The Hall–Kier alpha value is -4.17. The van der Waals surface area contributed by atoms with E-state index in [0.29, 0.717) is 45.1 Å². The lowest BCUT2D eigenvalue weighted by Gasteiger charge is -2.30. The first-order valence-electron chi connectivity index (χ1n) is 17.3. The Bertz CT molecular complexity index is 1190. The molecule has 1 saturated heterocycles. The van der Waals surface area contributed by atoms with Crippen LogP contribution >= 0.6 is 0 Å². The molecule has 0 aromatic rings. The summed E-state index contributed by atoms with van der Waals surface area (Å²) in [4.78, 5) is 85.0. The molecule has 15 nitrogen and oxygen atoms in total. The van der Waals surface area contributed by atoms with Crippen molar-refractivity contribution in [3.05, 3.63) is 12.2 Å². The number of carbonyl (C=O) groups is 6. The van der Waals surface area contributed by atoms with Gasteiger partial charge in [-0.1, -0.05) is 52.7 Å². The molecule has 0 spiro atoms. The van der Waals surface area contributed by atoms with Crippen LogP contribution < -0.4 is 38.5 Å². The maximum atomic E-state index is 13.8. The third-order valence-corrected chi connectivity index (χ3v) is 8.95. The highest BCUT2D eigenvalue weighted by Crippen LogP contribution is 2.21. The largest absolute Gasteiger partial charge is 0.370 e. The number of carbonyl (C=O) groups excluding carboxylic acids is 6. The van der Waals surface area contributed by atoms with Crippen molar-refractivity contribution in [2.45, 2.75) is 129 Å². The SMILES string of the molecule is CCC(C)C1NC(=O)C2CCCN2C(=O)CCCCCC=CCC(C(=O)NC(CCCN=C(N)N)C(=O)NC(C(N)=O)C(C)C)NC1=O. The summed E-state index contributed by atoms with van der Waals surface area (Å²) in [6.45, 7) is 7.90. The second-order valence-electron chi connectivity index (χ2n) is 13.1. The fourth-order valence-corrected chi connectivity index (χ4v) is 5.86. The molecule has 10 N–H and O–H groups in total. The zero-order valence-corrected chi connectivity index (χ0v) is 29.0.